The number of thiazole rings is 1. The van der Waals surface area contributed by atoms with Crippen LogP contribution >= 0.6 is 11.3 Å². The Morgan fingerprint density at radius 3 is 2.76 bits per heavy atom. The molecular formula is C20H18N4O3S2. The molecule has 148 valence electrons. The van der Waals surface area contributed by atoms with Crippen LogP contribution in [-0.2, 0) is 14.8 Å². The maximum Gasteiger partial charge on any atom is 0.263 e. The summed E-state index contributed by atoms with van der Waals surface area (Å²) in [5, 5.41) is 5.77. The zero-order valence-corrected chi connectivity index (χ0v) is 17.3. The van der Waals surface area contributed by atoms with E-state index in [4.69, 9.17) is 0 Å². The minimum Gasteiger partial charge on any atom is -0.324 e. The summed E-state index contributed by atoms with van der Waals surface area (Å²) in [4.78, 5) is 21.5. The van der Waals surface area contributed by atoms with Crippen molar-refractivity contribution < 1.29 is 13.2 Å². The van der Waals surface area contributed by atoms with Crippen LogP contribution in [0.2, 0.25) is 0 Å². The Hall–Kier alpha value is -3.04. The Balaban J connectivity index is 1.53. The number of sulfonamides is 1. The van der Waals surface area contributed by atoms with Crippen molar-refractivity contribution >= 4 is 38.8 Å². The van der Waals surface area contributed by atoms with Crippen LogP contribution in [0.15, 0.2) is 63.8 Å². The third-order valence-electron chi connectivity index (χ3n) is 4.41. The Bertz CT molecular complexity index is 1230. The number of aryl methyl sites for hydroxylation is 1. The first-order valence-corrected chi connectivity index (χ1v) is 11.2. The highest BCUT2D eigenvalue weighted by Crippen LogP contribution is 2.25. The number of nitrogens with one attached hydrogen (secondary N) is 2. The molecule has 1 aliphatic heterocycles. The normalized spacial score (nSPS) is 16.8. The summed E-state index contributed by atoms with van der Waals surface area (Å²) in [6, 6.07) is 13.2. The molecule has 2 N–H and O–H groups in total. The molecule has 1 atom stereocenters. The molecule has 2 aromatic carbocycles. The van der Waals surface area contributed by atoms with E-state index >= 15 is 0 Å². The van der Waals surface area contributed by atoms with Crippen LogP contribution in [0.5, 0.6) is 0 Å². The van der Waals surface area contributed by atoms with Crippen LogP contribution in [0, 0.1) is 6.92 Å². The molecule has 0 bridgehead atoms. The highest BCUT2D eigenvalue weighted by atomic mass is 32.2. The number of amides is 1. The summed E-state index contributed by atoms with van der Waals surface area (Å²) in [5.41, 5.74) is 2.85. The minimum atomic E-state index is -3.64. The fraction of sp³-hybridized carbons (Fsp3) is 0.150. The van der Waals surface area contributed by atoms with Gasteiger partial charge in [-0.25, -0.2) is 13.4 Å². The Labute approximate surface area is 172 Å². The molecule has 0 spiro atoms. The van der Waals surface area contributed by atoms with Crippen LogP contribution in [0.25, 0.3) is 11.3 Å². The maximum atomic E-state index is 12.6. The topological polar surface area (TPSA) is 101 Å². The number of aromatic nitrogens is 1. The van der Waals surface area contributed by atoms with Crippen LogP contribution < -0.4 is 10.0 Å². The summed E-state index contributed by atoms with van der Waals surface area (Å²) in [6.07, 6.45) is 0. The van der Waals surface area contributed by atoms with Crippen LogP contribution in [0.3, 0.4) is 0 Å². The number of carbonyl (C=O) groups excluding carboxylic acids is 1. The second-order valence-corrected chi connectivity index (χ2v) is 9.29. The average molecular weight is 427 g/mol. The van der Waals surface area contributed by atoms with Crippen LogP contribution in [0.4, 0.5) is 5.69 Å². The molecule has 0 fully saturated rings. The van der Waals surface area contributed by atoms with Gasteiger partial charge in [-0.05, 0) is 38.1 Å². The van der Waals surface area contributed by atoms with Crippen molar-refractivity contribution in [3.05, 3.63) is 64.5 Å². The predicted octanol–water partition coefficient (Wildman–Crippen LogP) is 3.18. The van der Waals surface area contributed by atoms with Gasteiger partial charge in [0, 0.05) is 22.2 Å². The molecule has 2 heterocycles. The van der Waals surface area contributed by atoms with Gasteiger partial charge in [-0.2, -0.15) is 0 Å². The van der Waals surface area contributed by atoms with Gasteiger partial charge in [0.25, 0.3) is 10.0 Å². The lowest BCUT2D eigenvalue weighted by molar-refractivity contribution is -0.117. The number of hydrogen-bond donors (Lipinski definition) is 2. The molecule has 1 aromatic heterocycles. The lowest BCUT2D eigenvalue weighted by Crippen LogP contribution is -2.28. The van der Waals surface area contributed by atoms with Gasteiger partial charge in [-0.1, -0.05) is 24.3 Å². The van der Waals surface area contributed by atoms with Crippen molar-refractivity contribution in [3.63, 3.8) is 0 Å². The van der Waals surface area contributed by atoms with E-state index in [9.17, 15) is 13.2 Å². The van der Waals surface area contributed by atoms with E-state index in [-0.39, 0.29) is 16.6 Å². The summed E-state index contributed by atoms with van der Waals surface area (Å²) in [6.45, 7) is 3.56. The number of amidine groups is 1. The number of carbonyl (C=O) groups is 1. The molecule has 7 nitrogen and oxygen atoms in total. The molecule has 4 rings (SSSR count). The van der Waals surface area contributed by atoms with E-state index in [1.807, 2.05) is 30.5 Å². The number of aliphatic imine (C=N–C) groups is 1. The SMILES string of the molecule is Cc1nc(-c2cccc(NC(=O)[C@@H](C)N=C3NS(=O)(=O)c4ccccc43)c2)cs1. The van der Waals surface area contributed by atoms with E-state index in [1.165, 1.54) is 6.07 Å². The quantitative estimate of drug-likeness (QED) is 0.669. The van der Waals surface area contributed by atoms with Gasteiger partial charge in [0.15, 0.2) is 0 Å². The predicted molar refractivity (Wildman–Crippen MR) is 114 cm³/mol. The molecule has 3 aromatic rings. The van der Waals surface area contributed by atoms with E-state index in [0.717, 1.165) is 16.3 Å². The third-order valence-corrected chi connectivity index (χ3v) is 6.58. The van der Waals surface area contributed by atoms with Gasteiger partial charge >= 0.3 is 0 Å². The van der Waals surface area contributed by atoms with Crippen molar-refractivity contribution in [2.45, 2.75) is 24.8 Å². The molecule has 0 saturated carbocycles. The summed E-state index contributed by atoms with van der Waals surface area (Å²) in [5.74, 6) is -0.164. The number of rotatable bonds is 4. The van der Waals surface area contributed by atoms with E-state index in [2.05, 4.69) is 20.0 Å². The fourth-order valence-electron chi connectivity index (χ4n) is 2.98. The first-order chi connectivity index (χ1) is 13.8. The van der Waals surface area contributed by atoms with Crippen molar-refractivity contribution in [1.82, 2.24) is 9.71 Å². The highest BCUT2D eigenvalue weighted by Gasteiger charge is 2.31. The molecule has 0 aliphatic carbocycles. The van der Waals surface area contributed by atoms with Crippen LogP contribution in [0.1, 0.15) is 17.5 Å². The number of nitrogens with zero attached hydrogens (tertiary/aromatic N) is 2. The Morgan fingerprint density at radius 2 is 2.00 bits per heavy atom. The number of benzene rings is 2. The molecule has 0 unspecified atom stereocenters. The minimum absolute atomic E-state index is 0.164. The summed E-state index contributed by atoms with van der Waals surface area (Å²) in [7, 11) is -3.64. The highest BCUT2D eigenvalue weighted by molar-refractivity contribution is 7.90. The monoisotopic (exact) mass is 426 g/mol. The maximum absolute atomic E-state index is 12.6. The van der Waals surface area contributed by atoms with Gasteiger partial charge in [0.1, 0.15) is 11.9 Å². The lowest BCUT2D eigenvalue weighted by Gasteiger charge is -2.10. The van der Waals surface area contributed by atoms with Gasteiger partial charge in [-0.15, -0.1) is 11.3 Å². The zero-order valence-electron chi connectivity index (χ0n) is 15.7. The summed E-state index contributed by atoms with van der Waals surface area (Å²) >= 11 is 1.56. The molecule has 0 saturated heterocycles. The smallest absolute Gasteiger partial charge is 0.263 e. The fourth-order valence-corrected chi connectivity index (χ4v) is 4.84. The third kappa shape index (κ3) is 3.92. The number of hydrogen-bond acceptors (Lipinski definition) is 6. The Morgan fingerprint density at radius 1 is 1.21 bits per heavy atom. The van der Waals surface area contributed by atoms with E-state index in [1.54, 1.807) is 42.5 Å². The second kappa shape index (κ2) is 7.41. The number of anilines is 1. The van der Waals surface area contributed by atoms with E-state index in [0.29, 0.717) is 11.3 Å². The van der Waals surface area contributed by atoms with Crippen molar-refractivity contribution in [2.24, 2.45) is 4.99 Å². The average Bonchev–Trinajstić information content (AvgIpc) is 3.23. The van der Waals surface area contributed by atoms with Crippen LogP contribution in [-0.4, -0.2) is 31.2 Å². The first kappa shape index (κ1) is 19.3. The molecule has 9 heteroatoms. The first-order valence-electron chi connectivity index (χ1n) is 8.87. The largest absolute Gasteiger partial charge is 0.324 e. The van der Waals surface area contributed by atoms with Crippen molar-refractivity contribution in [2.75, 3.05) is 5.32 Å². The van der Waals surface area contributed by atoms with E-state index < -0.39 is 16.1 Å². The second-order valence-electron chi connectivity index (χ2n) is 6.58. The standard InChI is InChI=1S/C20H18N4O3S2/c1-12(21-19-16-8-3-4-9-18(16)29(26,27)24-19)20(25)23-15-7-5-6-14(10-15)17-11-28-13(2)22-17/h3-12H,1-2H3,(H,21,24)(H,23,25)/t12-/m1/s1. The van der Waals surface area contributed by atoms with Gasteiger partial charge in [0.2, 0.25) is 5.91 Å². The van der Waals surface area contributed by atoms with Crippen molar-refractivity contribution in [1.29, 1.82) is 0 Å². The van der Waals surface area contributed by atoms with Gasteiger partial charge in [-0.3, -0.25) is 14.5 Å². The Kier molecular flexibility index (Phi) is 4.93. The molecule has 1 aliphatic rings. The summed E-state index contributed by atoms with van der Waals surface area (Å²) < 4.78 is 26.8. The lowest BCUT2D eigenvalue weighted by atomic mass is 10.1. The van der Waals surface area contributed by atoms with Gasteiger partial charge in [0.05, 0.1) is 15.6 Å². The number of fused-ring (bicyclic) bond motifs is 1. The molecule has 1 amide bonds. The molecule has 29 heavy (non-hydrogen) atoms. The zero-order chi connectivity index (χ0) is 20.6. The van der Waals surface area contributed by atoms with Gasteiger partial charge < -0.3 is 5.32 Å². The molecule has 0 radical (unpaired) electrons. The van der Waals surface area contributed by atoms with Crippen molar-refractivity contribution in [3.8, 4) is 11.3 Å². The molecular weight excluding hydrogens is 408 g/mol.